The lowest BCUT2D eigenvalue weighted by atomic mass is 10.2. The molecule has 0 saturated carbocycles. The minimum Gasteiger partial charge on any atom is -0.490 e. The van der Waals surface area contributed by atoms with Gasteiger partial charge in [-0.05, 0) is 56.3 Å². The van der Waals surface area contributed by atoms with Crippen molar-refractivity contribution in [1.29, 1.82) is 0 Å². The molecule has 2 aromatic carbocycles. The highest BCUT2D eigenvalue weighted by atomic mass is 35.5. The van der Waals surface area contributed by atoms with Crippen molar-refractivity contribution in [3.8, 4) is 11.5 Å². The average Bonchev–Trinajstić information content (AvgIpc) is 2.51. The second-order valence-corrected chi connectivity index (χ2v) is 4.92. The Morgan fingerprint density at radius 2 is 1.64 bits per heavy atom. The minimum absolute atomic E-state index is 0.216. The number of benzene rings is 2. The molecule has 0 aliphatic rings. The fraction of sp³-hybridized carbons (Fsp3) is 0.235. The predicted molar refractivity (Wildman–Crippen MR) is 88.2 cm³/mol. The fourth-order valence-corrected chi connectivity index (χ4v) is 2.05. The summed E-state index contributed by atoms with van der Waals surface area (Å²) in [4.78, 5) is 12.3. The number of nitrogens with one attached hydrogen (secondary N) is 1. The minimum atomic E-state index is -0.216. The molecule has 4 nitrogen and oxygen atoms in total. The molecule has 5 heteroatoms. The van der Waals surface area contributed by atoms with E-state index in [9.17, 15) is 4.79 Å². The molecule has 0 heterocycles. The van der Waals surface area contributed by atoms with Gasteiger partial charge in [0.1, 0.15) is 0 Å². The van der Waals surface area contributed by atoms with Crippen LogP contribution in [0.5, 0.6) is 11.5 Å². The summed E-state index contributed by atoms with van der Waals surface area (Å²) in [5.74, 6) is 0.979. The van der Waals surface area contributed by atoms with Crippen LogP contribution in [-0.4, -0.2) is 19.1 Å². The molecule has 2 rings (SSSR count). The Hall–Kier alpha value is -2.20. The third kappa shape index (κ3) is 4.15. The van der Waals surface area contributed by atoms with Crippen LogP contribution < -0.4 is 14.8 Å². The van der Waals surface area contributed by atoms with Gasteiger partial charge in [-0.25, -0.2) is 0 Å². The summed E-state index contributed by atoms with van der Waals surface area (Å²) in [5.41, 5.74) is 1.18. The van der Waals surface area contributed by atoms with Crippen LogP contribution >= 0.6 is 11.6 Å². The van der Waals surface area contributed by atoms with Crippen molar-refractivity contribution in [2.45, 2.75) is 13.8 Å². The Kier molecular flexibility index (Phi) is 5.67. The number of anilines is 1. The zero-order chi connectivity index (χ0) is 15.9. The molecule has 0 unspecified atom stereocenters. The van der Waals surface area contributed by atoms with Crippen LogP contribution in [0.3, 0.4) is 0 Å². The first kappa shape index (κ1) is 16.2. The van der Waals surface area contributed by atoms with E-state index in [1.807, 2.05) is 13.8 Å². The standard InChI is InChI=1S/C17H18ClNO3/c1-3-21-15-10-5-12(11-16(15)22-4-2)17(20)19-14-8-6-13(18)7-9-14/h5-11H,3-4H2,1-2H3,(H,19,20). The molecule has 0 aliphatic carbocycles. The normalized spacial score (nSPS) is 10.1. The van der Waals surface area contributed by atoms with Gasteiger partial charge >= 0.3 is 0 Å². The van der Waals surface area contributed by atoms with E-state index >= 15 is 0 Å². The number of ether oxygens (including phenoxy) is 2. The first-order valence-electron chi connectivity index (χ1n) is 7.10. The van der Waals surface area contributed by atoms with Crippen LogP contribution in [0.4, 0.5) is 5.69 Å². The van der Waals surface area contributed by atoms with Crippen LogP contribution in [0.15, 0.2) is 42.5 Å². The largest absolute Gasteiger partial charge is 0.490 e. The number of amides is 1. The van der Waals surface area contributed by atoms with Crippen molar-refractivity contribution >= 4 is 23.2 Å². The average molecular weight is 320 g/mol. The maximum atomic E-state index is 12.3. The lowest BCUT2D eigenvalue weighted by Gasteiger charge is -2.12. The summed E-state index contributed by atoms with van der Waals surface area (Å²) in [6.45, 7) is 4.83. The van der Waals surface area contributed by atoms with Gasteiger partial charge in [-0.1, -0.05) is 11.6 Å². The highest BCUT2D eigenvalue weighted by molar-refractivity contribution is 6.30. The van der Waals surface area contributed by atoms with Gasteiger partial charge in [-0.3, -0.25) is 4.79 Å². The van der Waals surface area contributed by atoms with Gasteiger partial charge in [0.05, 0.1) is 13.2 Å². The van der Waals surface area contributed by atoms with Crippen molar-refractivity contribution in [3.05, 3.63) is 53.1 Å². The maximum absolute atomic E-state index is 12.3. The highest BCUT2D eigenvalue weighted by Gasteiger charge is 2.11. The van der Waals surface area contributed by atoms with Crippen molar-refractivity contribution in [2.24, 2.45) is 0 Å². The SMILES string of the molecule is CCOc1ccc(C(=O)Nc2ccc(Cl)cc2)cc1OCC. The summed E-state index contributed by atoms with van der Waals surface area (Å²) in [6, 6.07) is 12.1. The first-order chi connectivity index (χ1) is 10.6. The van der Waals surface area contributed by atoms with E-state index < -0.39 is 0 Å². The molecular weight excluding hydrogens is 302 g/mol. The van der Waals surface area contributed by atoms with Gasteiger partial charge in [0.2, 0.25) is 0 Å². The van der Waals surface area contributed by atoms with Gasteiger partial charge < -0.3 is 14.8 Å². The van der Waals surface area contributed by atoms with Crippen molar-refractivity contribution in [1.82, 2.24) is 0 Å². The van der Waals surface area contributed by atoms with E-state index in [1.54, 1.807) is 42.5 Å². The van der Waals surface area contributed by atoms with Crippen LogP contribution in [0.25, 0.3) is 0 Å². The van der Waals surface area contributed by atoms with Gasteiger partial charge in [0, 0.05) is 16.3 Å². The lowest BCUT2D eigenvalue weighted by molar-refractivity contribution is 0.102. The molecule has 1 N–H and O–H groups in total. The molecule has 116 valence electrons. The van der Waals surface area contributed by atoms with Gasteiger partial charge in [-0.2, -0.15) is 0 Å². The smallest absolute Gasteiger partial charge is 0.255 e. The summed E-state index contributed by atoms with van der Waals surface area (Å²) in [7, 11) is 0. The van der Waals surface area contributed by atoms with E-state index in [0.717, 1.165) is 0 Å². The topological polar surface area (TPSA) is 47.6 Å². The molecular formula is C17H18ClNO3. The molecule has 0 bridgehead atoms. The van der Waals surface area contributed by atoms with E-state index in [4.69, 9.17) is 21.1 Å². The van der Waals surface area contributed by atoms with Crippen molar-refractivity contribution < 1.29 is 14.3 Å². The van der Waals surface area contributed by atoms with Gasteiger partial charge in [0.15, 0.2) is 11.5 Å². The molecule has 0 spiro atoms. The fourth-order valence-electron chi connectivity index (χ4n) is 1.93. The predicted octanol–water partition coefficient (Wildman–Crippen LogP) is 4.39. The Morgan fingerprint density at radius 1 is 1.00 bits per heavy atom. The van der Waals surface area contributed by atoms with Crippen molar-refractivity contribution in [3.63, 3.8) is 0 Å². The lowest BCUT2D eigenvalue weighted by Crippen LogP contribution is -2.12. The number of halogens is 1. The Balaban J connectivity index is 2.18. The Labute approximate surface area is 135 Å². The zero-order valence-corrected chi connectivity index (χ0v) is 13.3. The molecule has 1 amide bonds. The molecule has 0 aromatic heterocycles. The summed E-state index contributed by atoms with van der Waals surface area (Å²) < 4.78 is 11.0. The summed E-state index contributed by atoms with van der Waals surface area (Å²) in [5, 5.41) is 3.44. The molecule has 0 atom stereocenters. The summed E-state index contributed by atoms with van der Waals surface area (Å²) in [6.07, 6.45) is 0. The molecule has 0 aliphatic heterocycles. The molecule has 22 heavy (non-hydrogen) atoms. The number of hydrogen-bond acceptors (Lipinski definition) is 3. The second kappa shape index (κ2) is 7.71. The van der Waals surface area contributed by atoms with E-state index in [0.29, 0.717) is 41.0 Å². The first-order valence-corrected chi connectivity index (χ1v) is 7.48. The zero-order valence-electron chi connectivity index (χ0n) is 12.6. The summed E-state index contributed by atoms with van der Waals surface area (Å²) >= 11 is 5.82. The van der Waals surface area contributed by atoms with Crippen LogP contribution in [0, 0.1) is 0 Å². The van der Waals surface area contributed by atoms with Crippen LogP contribution in [0.2, 0.25) is 5.02 Å². The quantitative estimate of drug-likeness (QED) is 0.859. The molecule has 0 saturated heterocycles. The number of rotatable bonds is 6. The number of carbonyl (C=O) groups is 1. The third-order valence-electron chi connectivity index (χ3n) is 2.91. The number of carbonyl (C=O) groups excluding carboxylic acids is 1. The van der Waals surface area contributed by atoms with Gasteiger partial charge in [-0.15, -0.1) is 0 Å². The van der Waals surface area contributed by atoms with Crippen molar-refractivity contribution in [2.75, 3.05) is 18.5 Å². The maximum Gasteiger partial charge on any atom is 0.255 e. The van der Waals surface area contributed by atoms with E-state index in [-0.39, 0.29) is 5.91 Å². The highest BCUT2D eigenvalue weighted by Crippen LogP contribution is 2.29. The molecule has 0 fully saturated rings. The second-order valence-electron chi connectivity index (χ2n) is 4.49. The van der Waals surface area contributed by atoms with Gasteiger partial charge in [0.25, 0.3) is 5.91 Å². The van der Waals surface area contributed by atoms with E-state index in [2.05, 4.69) is 5.32 Å². The van der Waals surface area contributed by atoms with Crippen LogP contribution in [-0.2, 0) is 0 Å². The Bertz CT molecular complexity index is 641. The number of hydrogen-bond donors (Lipinski definition) is 1. The monoisotopic (exact) mass is 319 g/mol. The Morgan fingerprint density at radius 3 is 2.27 bits per heavy atom. The third-order valence-corrected chi connectivity index (χ3v) is 3.16. The molecule has 2 aromatic rings. The molecule has 0 radical (unpaired) electrons. The van der Waals surface area contributed by atoms with E-state index in [1.165, 1.54) is 0 Å². The van der Waals surface area contributed by atoms with Crippen LogP contribution in [0.1, 0.15) is 24.2 Å².